The van der Waals surface area contributed by atoms with Crippen LogP contribution in [0.2, 0.25) is 0 Å². The average Bonchev–Trinajstić information content (AvgIpc) is 3.40. The Morgan fingerprint density at radius 1 is 0.377 bits per heavy atom. The van der Waals surface area contributed by atoms with Crippen LogP contribution in [0.1, 0.15) is 47.2 Å². The lowest BCUT2D eigenvalue weighted by atomic mass is 9.80. The number of hydrogen-bond donors (Lipinski definition) is 0. The summed E-state index contributed by atoms with van der Waals surface area (Å²) < 4.78 is 0. The Balaban J connectivity index is 1.24. The molecule has 0 heterocycles. The molecule has 0 spiro atoms. The van der Waals surface area contributed by atoms with Gasteiger partial charge in [-0.2, -0.15) is 0 Å². The molecular weight excluding hydrogens is 641 g/mol. The molecule has 0 N–H and O–H groups in total. The second kappa shape index (κ2) is 12.5. The first-order chi connectivity index (χ1) is 25.7. The van der Waals surface area contributed by atoms with E-state index < -0.39 is 0 Å². The van der Waals surface area contributed by atoms with E-state index in [9.17, 15) is 0 Å². The molecule has 0 saturated carbocycles. The second-order valence-electron chi connectivity index (χ2n) is 15.2. The van der Waals surface area contributed by atoms with Crippen molar-refractivity contribution in [1.82, 2.24) is 0 Å². The Labute approximate surface area is 313 Å². The molecule has 258 valence electrons. The summed E-state index contributed by atoms with van der Waals surface area (Å²) in [4.78, 5) is 4.77. The molecule has 0 radical (unpaired) electrons. The minimum Gasteiger partial charge on any atom is -0.310 e. The van der Waals surface area contributed by atoms with Gasteiger partial charge >= 0.3 is 0 Å². The zero-order chi connectivity index (χ0) is 36.4. The Kier molecular flexibility index (Phi) is 7.75. The first-order valence-corrected chi connectivity index (χ1v) is 18.7. The summed E-state index contributed by atoms with van der Waals surface area (Å²) in [6.45, 7) is 14.0. The van der Waals surface area contributed by atoms with E-state index in [4.69, 9.17) is 0 Å². The maximum atomic E-state index is 2.53. The summed E-state index contributed by atoms with van der Waals surface area (Å²) in [5, 5.41) is 5.34. The van der Waals surface area contributed by atoms with Gasteiger partial charge in [-0.05, 0) is 179 Å². The molecule has 9 rings (SSSR count). The highest BCUT2D eigenvalue weighted by molar-refractivity contribution is 6.15. The van der Waals surface area contributed by atoms with Crippen LogP contribution in [0.15, 0.2) is 158 Å². The Bertz CT molecular complexity index is 2580. The van der Waals surface area contributed by atoms with E-state index in [1.165, 1.54) is 77.4 Å². The molecule has 0 saturated heterocycles. The fourth-order valence-electron chi connectivity index (χ4n) is 8.89. The highest BCUT2D eigenvalue weighted by atomic mass is 15.1. The summed E-state index contributed by atoms with van der Waals surface area (Å²) in [5.74, 6) is 0. The molecule has 1 aliphatic carbocycles. The predicted octanol–water partition coefficient (Wildman–Crippen LogP) is 14.5. The van der Waals surface area contributed by atoms with Gasteiger partial charge in [-0.1, -0.05) is 86.6 Å². The van der Waals surface area contributed by atoms with Gasteiger partial charge in [0.2, 0.25) is 0 Å². The quantitative estimate of drug-likeness (QED) is 0.161. The number of hydrogen-bond acceptors (Lipinski definition) is 2. The Morgan fingerprint density at radius 3 is 1.30 bits per heavy atom. The van der Waals surface area contributed by atoms with Gasteiger partial charge < -0.3 is 9.80 Å². The van der Waals surface area contributed by atoms with E-state index in [-0.39, 0.29) is 5.41 Å². The van der Waals surface area contributed by atoms with E-state index in [0.29, 0.717) is 0 Å². The van der Waals surface area contributed by atoms with Crippen LogP contribution in [-0.4, -0.2) is 0 Å². The molecule has 53 heavy (non-hydrogen) atoms. The van der Waals surface area contributed by atoms with Gasteiger partial charge in [0.1, 0.15) is 0 Å². The summed E-state index contributed by atoms with van der Waals surface area (Å²) in [6.07, 6.45) is 0. The maximum absolute atomic E-state index is 2.53. The molecule has 0 aromatic heterocycles. The fraction of sp³-hybridized carbons (Fsp3) is 0.137. The lowest BCUT2D eigenvalue weighted by Gasteiger charge is -2.29. The number of fused-ring (bicyclic) bond motifs is 6. The van der Waals surface area contributed by atoms with Gasteiger partial charge in [-0.25, -0.2) is 0 Å². The van der Waals surface area contributed by atoms with Crippen molar-refractivity contribution >= 4 is 55.7 Å². The van der Waals surface area contributed by atoms with E-state index in [2.05, 4.69) is 209 Å². The minimum atomic E-state index is -0.185. The van der Waals surface area contributed by atoms with Crippen LogP contribution in [0.5, 0.6) is 0 Å². The van der Waals surface area contributed by atoms with Crippen molar-refractivity contribution in [2.75, 3.05) is 9.80 Å². The van der Waals surface area contributed by atoms with Crippen molar-refractivity contribution in [3.05, 3.63) is 191 Å². The fourth-order valence-corrected chi connectivity index (χ4v) is 8.89. The number of aryl methyl sites for hydroxylation is 4. The first-order valence-electron chi connectivity index (χ1n) is 18.7. The third-order valence-corrected chi connectivity index (χ3v) is 11.6. The molecule has 0 fully saturated rings. The number of para-hydroxylation sites is 4. The summed E-state index contributed by atoms with van der Waals surface area (Å²) >= 11 is 0. The third kappa shape index (κ3) is 5.24. The molecule has 2 nitrogen and oxygen atoms in total. The molecular formula is C51H44N2. The zero-order valence-corrected chi connectivity index (χ0v) is 31.4. The van der Waals surface area contributed by atoms with E-state index in [0.717, 1.165) is 22.7 Å². The molecule has 0 atom stereocenters. The summed E-state index contributed by atoms with van der Waals surface area (Å²) in [5.41, 5.74) is 17.6. The van der Waals surface area contributed by atoms with Gasteiger partial charge in [0.05, 0.1) is 0 Å². The van der Waals surface area contributed by atoms with Crippen molar-refractivity contribution in [2.24, 2.45) is 0 Å². The van der Waals surface area contributed by atoms with Crippen molar-refractivity contribution in [2.45, 2.75) is 47.0 Å². The molecule has 8 aromatic rings. The van der Waals surface area contributed by atoms with E-state index >= 15 is 0 Å². The number of anilines is 6. The van der Waals surface area contributed by atoms with Crippen LogP contribution in [0, 0.1) is 27.7 Å². The smallest absolute Gasteiger partial charge is 0.0470 e. The average molecular weight is 685 g/mol. The monoisotopic (exact) mass is 684 g/mol. The van der Waals surface area contributed by atoms with Gasteiger partial charge in [-0.3, -0.25) is 0 Å². The predicted molar refractivity (Wildman–Crippen MR) is 227 cm³/mol. The Hall–Kier alpha value is -6.12. The van der Waals surface area contributed by atoms with Crippen LogP contribution in [0.4, 0.5) is 34.1 Å². The molecule has 0 unspecified atom stereocenters. The Morgan fingerprint density at radius 2 is 0.811 bits per heavy atom. The lowest BCUT2D eigenvalue weighted by Crippen LogP contribution is -2.17. The highest BCUT2D eigenvalue weighted by Crippen LogP contribution is 2.54. The van der Waals surface area contributed by atoms with Gasteiger partial charge in [0.15, 0.2) is 0 Å². The topological polar surface area (TPSA) is 6.48 Å². The largest absolute Gasteiger partial charge is 0.310 e. The minimum absolute atomic E-state index is 0.185. The van der Waals surface area contributed by atoms with Crippen molar-refractivity contribution in [3.8, 4) is 11.1 Å². The molecule has 1 aliphatic rings. The first kappa shape index (κ1) is 32.8. The van der Waals surface area contributed by atoms with Crippen LogP contribution in [0.25, 0.3) is 32.7 Å². The van der Waals surface area contributed by atoms with Crippen LogP contribution in [0.3, 0.4) is 0 Å². The zero-order valence-electron chi connectivity index (χ0n) is 31.4. The number of benzene rings is 8. The summed E-state index contributed by atoms with van der Waals surface area (Å²) in [6, 6.07) is 57.5. The SMILES string of the molecule is Cc1cc(N(c2ccccc2)c2ccccc2)cc2c1-c1cc3c(C)c(C)c4cc(N(c5ccccc5)c5ccccc5)cc(C)c4c3cc1C2(C)C. The van der Waals surface area contributed by atoms with Gasteiger partial charge in [0, 0.05) is 39.5 Å². The molecule has 0 amide bonds. The molecule has 2 heteroatoms. The van der Waals surface area contributed by atoms with Crippen LogP contribution < -0.4 is 9.80 Å². The third-order valence-electron chi connectivity index (χ3n) is 11.6. The maximum Gasteiger partial charge on any atom is 0.0470 e. The molecule has 0 bridgehead atoms. The standard InChI is InChI=1S/C51H44N2/c1-33-27-41(52(37-19-11-7-12-20-37)38-21-13-8-14-22-38)29-44-36(4)35(3)43-31-46-47(32-45(43)49(33)44)51(5,6)48-30-42(28-34(2)50(46)48)53(39-23-15-9-16-24-39)40-25-17-10-18-26-40/h7-32H,1-6H3. The number of rotatable bonds is 6. The summed E-state index contributed by atoms with van der Waals surface area (Å²) in [7, 11) is 0. The van der Waals surface area contributed by atoms with Crippen molar-refractivity contribution in [1.29, 1.82) is 0 Å². The second-order valence-corrected chi connectivity index (χ2v) is 15.2. The van der Waals surface area contributed by atoms with Crippen molar-refractivity contribution in [3.63, 3.8) is 0 Å². The highest BCUT2D eigenvalue weighted by Gasteiger charge is 2.38. The number of nitrogens with zero attached hydrogens (tertiary/aromatic N) is 2. The van der Waals surface area contributed by atoms with E-state index in [1.54, 1.807) is 0 Å². The van der Waals surface area contributed by atoms with E-state index in [1.807, 2.05) is 0 Å². The van der Waals surface area contributed by atoms with Crippen molar-refractivity contribution < 1.29 is 0 Å². The normalized spacial score (nSPS) is 12.9. The molecule has 0 aliphatic heterocycles. The van der Waals surface area contributed by atoms with Gasteiger partial charge in [-0.15, -0.1) is 0 Å². The van der Waals surface area contributed by atoms with Crippen LogP contribution >= 0.6 is 0 Å². The van der Waals surface area contributed by atoms with Crippen LogP contribution in [-0.2, 0) is 5.41 Å². The van der Waals surface area contributed by atoms with Gasteiger partial charge in [0.25, 0.3) is 0 Å². The molecule has 8 aromatic carbocycles. The lowest BCUT2D eigenvalue weighted by molar-refractivity contribution is 0.661.